The number of nitrogens with one attached hydrogen (secondary N) is 2. The zero-order valence-corrected chi connectivity index (χ0v) is 12.8. The van der Waals surface area contributed by atoms with Crippen LogP contribution in [0.2, 0.25) is 0 Å². The Morgan fingerprint density at radius 3 is 2.76 bits per heavy atom. The van der Waals surface area contributed by atoms with Crippen LogP contribution >= 0.6 is 0 Å². The van der Waals surface area contributed by atoms with Crippen molar-refractivity contribution < 1.29 is 9.59 Å². The van der Waals surface area contributed by atoms with Crippen LogP contribution in [0, 0.1) is 5.92 Å². The van der Waals surface area contributed by atoms with Gasteiger partial charge in [-0.1, -0.05) is 32.0 Å². The van der Waals surface area contributed by atoms with E-state index in [1.807, 2.05) is 38.1 Å². The number of fused-ring (bicyclic) bond motifs is 1. The van der Waals surface area contributed by atoms with Gasteiger partial charge in [0.05, 0.1) is 6.54 Å². The molecule has 114 valence electrons. The summed E-state index contributed by atoms with van der Waals surface area (Å²) in [6.07, 6.45) is 0.674. The number of rotatable bonds is 5. The van der Waals surface area contributed by atoms with E-state index in [9.17, 15) is 9.59 Å². The van der Waals surface area contributed by atoms with Crippen molar-refractivity contribution >= 4 is 17.5 Å². The van der Waals surface area contributed by atoms with E-state index in [0.29, 0.717) is 18.9 Å². The highest BCUT2D eigenvalue weighted by molar-refractivity contribution is 5.90. The SMILES string of the molecule is CC(C)CNC(=O)CN(C)C(=O)C1Cc2ccccc2N1. The van der Waals surface area contributed by atoms with Gasteiger partial charge < -0.3 is 15.5 Å². The third kappa shape index (κ3) is 3.97. The van der Waals surface area contributed by atoms with Gasteiger partial charge in [0.2, 0.25) is 11.8 Å². The minimum Gasteiger partial charge on any atom is -0.373 e. The van der Waals surface area contributed by atoms with Crippen molar-refractivity contribution in [1.29, 1.82) is 0 Å². The Bertz CT molecular complexity index is 503. The summed E-state index contributed by atoms with van der Waals surface area (Å²) in [5.74, 6) is 0.238. The molecule has 1 aromatic rings. The van der Waals surface area contributed by atoms with Gasteiger partial charge in [-0.15, -0.1) is 0 Å². The summed E-state index contributed by atoms with van der Waals surface area (Å²) < 4.78 is 0. The quantitative estimate of drug-likeness (QED) is 0.857. The lowest BCUT2D eigenvalue weighted by Crippen LogP contribution is -2.45. The summed E-state index contributed by atoms with van der Waals surface area (Å²) in [5.41, 5.74) is 2.15. The maximum atomic E-state index is 12.4. The molecule has 0 radical (unpaired) electrons. The number of amides is 2. The van der Waals surface area contributed by atoms with Gasteiger partial charge in [0.1, 0.15) is 6.04 Å². The van der Waals surface area contributed by atoms with Gasteiger partial charge in [0, 0.05) is 25.7 Å². The largest absolute Gasteiger partial charge is 0.373 e. The van der Waals surface area contributed by atoms with Crippen molar-refractivity contribution in [2.75, 3.05) is 25.5 Å². The van der Waals surface area contributed by atoms with Crippen LogP contribution in [0.3, 0.4) is 0 Å². The van der Waals surface area contributed by atoms with Gasteiger partial charge >= 0.3 is 0 Å². The van der Waals surface area contributed by atoms with Gasteiger partial charge in [0.15, 0.2) is 0 Å². The Morgan fingerprint density at radius 2 is 2.10 bits per heavy atom. The van der Waals surface area contributed by atoms with Crippen LogP contribution < -0.4 is 10.6 Å². The average Bonchev–Trinajstić information content (AvgIpc) is 2.88. The molecule has 1 aliphatic heterocycles. The van der Waals surface area contributed by atoms with E-state index >= 15 is 0 Å². The van der Waals surface area contributed by atoms with E-state index in [0.717, 1.165) is 11.3 Å². The van der Waals surface area contributed by atoms with Gasteiger partial charge in [-0.05, 0) is 17.5 Å². The van der Waals surface area contributed by atoms with Crippen molar-refractivity contribution in [2.24, 2.45) is 5.92 Å². The molecule has 0 aliphatic carbocycles. The molecule has 2 rings (SSSR count). The van der Waals surface area contributed by atoms with Crippen LogP contribution in [0.4, 0.5) is 5.69 Å². The Labute approximate surface area is 125 Å². The topological polar surface area (TPSA) is 61.4 Å². The first kappa shape index (κ1) is 15.4. The van der Waals surface area contributed by atoms with Crippen molar-refractivity contribution in [3.63, 3.8) is 0 Å². The molecule has 0 spiro atoms. The summed E-state index contributed by atoms with van der Waals surface area (Å²) in [4.78, 5) is 25.6. The summed E-state index contributed by atoms with van der Waals surface area (Å²) in [6, 6.07) is 7.63. The first-order valence-corrected chi connectivity index (χ1v) is 7.33. The monoisotopic (exact) mass is 289 g/mol. The molecule has 1 unspecified atom stereocenters. The van der Waals surface area contributed by atoms with E-state index in [2.05, 4.69) is 10.6 Å². The summed E-state index contributed by atoms with van der Waals surface area (Å²) in [6.45, 7) is 4.80. The van der Waals surface area contributed by atoms with Crippen molar-refractivity contribution in [3.05, 3.63) is 29.8 Å². The number of benzene rings is 1. The molecule has 2 amide bonds. The number of nitrogens with zero attached hydrogens (tertiary/aromatic N) is 1. The van der Waals surface area contributed by atoms with Crippen LogP contribution in [0.15, 0.2) is 24.3 Å². The van der Waals surface area contributed by atoms with E-state index in [-0.39, 0.29) is 24.4 Å². The van der Waals surface area contributed by atoms with E-state index < -0.39 is 0 Å². The highest BCUT2D eigenvalue weighted by Crippen LogP contribution is 2.25. The highest BCUT2D eigenvalue weighted by Gasteiger charge is 2.29. The average molecular weight is 289 g/mol. The minimum absolute atomic E-state index is 0.0501. The molecular weight excluding hydrogens is 266 g/mol. The number of hydrogen-bond acceptors (Lipinski definition) is 3. The predicted octanol–water partition coefficient (Wildman–Crippen LogP) is 1.25. The van der Waals surface area contributed by atoms with Crippen LogP contribution in [0.5, 0.6) is 0 Å². The first-order chi connectivity index (χ1) is 9.97. The lowest BCUT2D eigenvalue weighted by Gasteiger charge is -2.21. The molecule has 1 heterocycles. The van der Waals surface area contributed by atoms with Crippen LogP contribution in [-0.2, 0) is 16.0 Å². The number of carbonyl (C=O) groups is 2. The third-order valence-corrected chi connectivity index (χ3v) is 3.53. The number of carbonyl (C=O) groups excluding carboxylic acids is 2. The van der Waals surface area contributed by atoms with Gasteiger partial charge in [0.25, 0.3) is 0 Å². The maximum Gasteiger partial charge on any atom is 0.245 e. The van der Waals surface area contributed by atoms with Crippen LogP contribution in [0.1, 0.15) is 19.4 Å². The smallest absolute Gasteiger partial charge is 0.245 e. The second kappa shape index (κ2) is 6.61. The molecule has 21 heavy (non-hydrogen) atoms. The van der Waals surface area contributed by atoms with Crippen LogP contribution in [-0.4, -0.2) is 42.9 Å². The fourth-order valence-electron chi connectivity index (χ4n) is 2.38. The molecule has 2 N–H and O–H groups in total. The highest BCUT2D eigenvalue weighted by atomic mass is 16.2. The van der Waals surface area contributed by atoms with Gasteiger partial charge in [-0.3, -0.25) is 9.59 Å². The number of likely N-dealkylation sites (N-methyl/N-ethyl adjacent to an activating group) is 1. The lowest BCUT2D eigenvalue weighted by molar-refractivity contribution is -0.135. The van der Waals surface area contributed by atoms with Crippen molar-refractivity contribution in [1.82, 2.24) is 10.2 Å². The molecule has 1 aromatic carbocycles. The summed E-state index contributed by atoms with van der Waals surface area (Å²) in [5, 5.41) is 6.04. The Morgan fingerprint density at radius 1 is 1.38 bits per heavy atom. The first-order valence-electron chi connectivity index (χ1n) is 7.33. The summed E-state index contributed by atoms with van der Waals surface area (Å²) in [7, 11) is 1.67. The van der Waals surface area contributed by atoms with Crippen LogP contribution in [0.25, 0.3) is 0 Å². The molecule has 5 heteroatoms. The fourth-order valence-corrected chi connectivity index (χ4v) is 2.38. The minimum atomic E-state index is -0.273. The molecule has 0 fully saturated rings. The second-order valence-electron chi connectivity index (χ2n) is 5.95. The van der Waals surface area contributed by atoms with E-state index in [4.69, 9.17) is 0 Å². The van der Waals surface area contributed by atoms with E-state index in [1.165, 1.54) is 4.90 Å². The molecule has 1 atom stereocenters. The molecule has 0 aromatic heterocycles. The summed E-state index contributed by atoms with van der Waals surface area (Å²) >= 11 is 0. The normalized spacial score (nSPS) is 16.3. The number of anilines is 1. The second-order valence-corrected chi connectivity index (χ2v) is 5.95. The molecule has 5 nitrogen and oxygen atoms in total. The Hall–Kier alpha value is -2.04. The standard InChI is InChI=1S/C16H23N3O2/c1-11(2)9-17-15(20)10-19(3)16(21)14-8-12-6-4-5-7-13(12)18-14/h4-7,11,14,18H,8-10H2,1-3H3,(H,17,20). The number of para-hydroxylation sites is 1. The van der Waals surface area contributed by atoms with Crippen molar-refractivity contribution in [3.8, 4) is 0 Å². The predicted molar refractivity (Wildman–Crippen MR) is 83.0 cm³/mol. The van der Waals surface area contributed by atoms with Crippen molar-refractivity contribution in [2.45, 2.75) is 26.3 Å². The Balaban J connectivity index is 1.85. The number of hydrogen-bond donors (Lipinski definition) is 2. The molecular formula is C16H23N3O2. The zero-order valence-electron chi connectivity index (χ0n) is 12.8. The maximum absolute atomic E-state index is 12.4. The molecule has 0 saturated heterocycles. The Kier molecular flexibility index (Phi) is 4.83. The molecule has 1 aliphatic rings. The molecule has 0 bridgehead atoms. The third-order valence-electron chi connectivity index (χ3n) is 3.53. The zero-order chi connectivity index (χ0) is 15.4. The molecule has 0 saturated carbocycles. The lowest BCUT2D eigenvalue weighted by atomic mass is 10.1. The van der Waals surface area contributed by atoms with Gasteiger partial charge in [-0.25, -0.2) is 0 Å². The fraction of sp³-hybridized carbons (Fsp3) is 0.500. The van der Waals surface area contributed by atoms with E-state index in [1.54, 1.807) is 7.05 Å². The van der Waals surface area contributed by atoms with Gasteiger partial charge in [-0.2, -0.15) is 0 Å².